The minimum Gasteiger partial charge on any atom is -0.481 e. The highest BCUT2D eigenvalue weighted by molar-refractivity contribution is 7.09. The fourth-order valence-electron chi connectivity index (χ4n) is 2.50. The summed E-state index contributed by atoms with van der Waals surface area (Å²) in [5.74, 6) is -0.251. The number of aromatic nitrogens is 3. The van der Waals surface area contributed by atoms with Gasteiger partial charge < -0.3 is 5.11 Å². The van der Waals surface area contributed by atoms with Crippen LogP contribution < -0.4 is 0 Å². The topological polar surface area (TPSA) is 76.0 Å². The van der Waals surface area contributed by atoms with Crippen molar-refractivity contribution in [2.75, 3.05) is 0 Å². The van der Waals surface area contributed by atoms with E-state index in [0.29, 0.717) is 19.3 Å². The van der Waals surface area contributed by atoms with Gasteiger partial charge in [0.1, 0.15) is 5.82 Å². The standard InChI is InChI=1S/C14H15N3O2S/c1-8-16-11(7-20-8)5-13-15-6-10-4-9(14(18)19)2-3-12(10)17-13/h6-7,9H,2-5H2,1H3,(H,18,19). The number of nitrogens with zero attached hydrogens (tertiary/aromatic N) is 3. The first-order chi connectivity index (χ1) is 9.61. The number of hydrogen-bond donors (Lipinski definition) is 1. The van der Waals surface area contributed by atoms with Crippen LogP contribution >= 0.6 is 11.3 Å². The van der Waals surface area contributed by atoms with Crippen LogP contribution in [-0.2, 0) is 24.1 Å². The SMILES string of the molecule is Cc1nc(Cc2ncc3c(n2)CCC(C(=O)O)C3)cs1. The summed E-state index contributed by atoms with van der Waals surface area (Å²) in [4.78, 5) is 24.4. The van der Waals surface area contributed by atoms with Gasteiger partial charge in [-0.3, -0.25) is 4.79 Å². The normalized spacial score (nSPS) is 17.8. The van der Waals surface area contributed by atoms with Gasteiger partial charge in [0.25, 0.3) is 0 Å². The van der Waals surface area contributed by atoms with E-state index in [1.165, 1.54) is 0 Å². The second-order valence-corrected chi connectivity index (χ2v) is 6.13. The Balaban J connectivity index is 1.78. The van der Waals surface area contributed by atoms with Gasteiger partial charge >= 0.3 is 5.97 Å². The number of rotatable bonds is 3. The number of aliphatic carboxylic acids is 1. The monoisotopic (exact) mass is 289 g/mol. The van der Waals surface area contributed by atoms with Crippen molar-refractivity contribution in [2.45, 2.75) is 32.6 Å². The van der Waals surface area contributed by atoms with Crippen molar-refractivity contribution in [1.29, 1.82) is 0 Å². The number of hydrogen-bond acceptors (Lipinski definition) is 5. The summed E-state index contributed by atoms with van der Waals surface area (Å²) in [7, 11) is 0. The summed E-state index contributed by atoms with van der Waals surface area (Å²) in [6.45, 7) is 1.98. The van der Waals surface area contributed by atoms with E-state index in [2.05, 4.69) is 15.0 Å². The second-order valence-electron chi connectivity index (χ2n) is 5.07. The van der Waals surface area contributed by atoms with E-state index in [1.807, 2.05) is 12.3 Å². The zero-order chi connectivity index (χ0) is 14.1. The van der Waals surface area contributed by atoms with Crippen LogP contribution in [0.25, 0.3) is 0 Å². The maximum atomic E-state index is 11.0. The quantitative estimate of drug-likeness (QED) is 0.935. The lowest BCUT2D eigenvalue weighted by atomic mass is 9.87. The van der Waals surface area contributed by atoms with Crippen molar-refractivity contribution < 1.29 is 9.90 Å². The molecule has 0 spiro atoms. The van der Waals surface area contributed by atoms with E-state index >= 15 is 0 Å². The molecule has 2 aromatic rings. The van der Waals surface area contributed by atoms with Gasteiger partial charge in [0.15, 0.2) is 0 Å². The van der Waals surface area contributed by atoms with Gasteiger partial charge in [-0.05, 0) is 31.7 Å². The van der Waals surface area contributed by atoms with Crippen molar-refractivity contribution in [3.8, 4) is 0 Å². The molecule has 1 atom stereocenters. The Morgan fingerprint density at radius 1 is 1.50 bits per heavy atom. The smallest absolute Gasteiger partial charge is 0.306 e. The predicted molar refractivity (Wildman–Crippen MR) is 74.8 cm³/mol. The molecule has 0 bridgehead atoms. The Kier molecular flexibility index (Phi) is 3.48. The van der Waals surface area contributed by atoms with Crippen LogP contribution in [-0.4, -0.2) is 26.0 Å². The Morgan fingerprint density at radius 3 is 3.05 bits per heavy atom. The van der Waals surface area contributed by atoms with Crippen LogP contribution in [0.2, 0.25) is 0 Å². The molecule has 0 fully saturated rings. The average Bonchev–Trinajstić information content (AvgIpc) is 2.83. The first kappa shape index (κ1) is 13.2. The Labute approximate surface area is 120 Å². The molecular weight excluding hydrogens is 274 g/mol. The molecule has 0 saturated heterocycles. The van der Waals surface area contributed by atoms with E-state index in [4.69, 9.17) is 5.11 Å². The van der Waals surface area contributed by atoms with Crippen LogP contribution in [0.15, 0.2) is 11.6 Å². The minimum atomic E-state index is -0.724. The van der Waals surface area contributed by atoms with Crippen LogP contribution in [0.1, 0.15) is 34.2 Å². The molecule has 0 aliphatic heterocycles. The second kappa shape index (κ2) is 5.28. The van der Waals surface area contributed by atoms with Gasteiger partial charge in [0.05, 0.1) is 23.0 Å². The molecule has 3 rings (SSSR count). The largest absolute Gasteiger partial charge is 0.481 e. The third-order valence-electron chi connectivity index (χ3n) is 3.56. The molecule has 2 aromatic heterocycles. The van der Waals surface area contributed by atoms with Gasteiger partial charge in [0, 0.05) is 17.3 Å². The number of carboxylic acids is 1. The first-order valence-corrected chi connectivity index (χ1v) is 7.47. The summed E-state index contributed by atoms with van der Waals surface area (Å²) in [6, 6.07) is 0. The molecule has 1 aliphatic carbocycles. The van der Waals surface area contributed by atoms with Gasteiger partial charge in [0.2, 0.25) is 0 Å². The van der Waals surface area contributed by atoms with E-state index in [-0.39, 0.29) is 5.92 Å². The lowest BCUT2D eigenvalue weighted by Crippen LogP contribution is -2.23. The molecule has 2 heterocycles. The molecule has 5 nitrogen and oxygen atoms in total. The lowest BCUT2D eigenvalue weighted by Gasteiger charge is -2.20. The van der Waals surface area contributed by atoms with E-state index in [1.54, 1.807) is 17.5 Å². The van der Waals surface area contributed by atoms with Gasteiger partial charge in [-0.15, -0.1) is 11.3 Å². The molecule has 20 heavy (non-hydrogen) atoms. The molecule has 0 radical (unpaired) electrons. The third-order valence-corrected chi connectivity index (χ3v) is 4.38. The number of carbonyl (C=O) groups is 1. The number of aryl methyl sites for hydroxylation is 2. The van der Waals surface area contributed by atoms with Crippen molar-refractivity contribution in [1.82, 2.24) is 15.0 Å². The van der Waals surface area contributed by atoms with Crippen molar-refractivity contribution in [3.05, 3.63) is 39.4 Å². The molecule has 0 aromatic carbocycles. The highest BCUT2D eigenvalue weighted by Gasteiger charge is 2.25. The van der Waals surface area contributed by atoms with E-state index < -0.39 is 5.97 Å². The maximum absolute atomic E-state index is 11.0. The molecule has 1 unspecified atom stereocenters. The van der Waals surface area contributed by atoms with Crippen LogP contribution in [0.5, 0.6) is 0 Å². The highest BCUT2D eigenvalue weighted by atomic mass is 32.1. The van der Waals surface area contributed by atoms with Gasteiger partial charge in [-0.1, -0.05) is 0 Å². The average molecular weight is 289 g/mol. The van der Waals surface area contributed by atoms with E-state index in [0.717, 1.165) is 34.2 Å². The lowest BCUT2D eigenvalue weighted by molar-refractivity contribution is -0.142. The van der Waals surface area contributed by atoms with E-state index in [9.17, 15) is 4.79 Å². The fraction of sp³-hybridized carbons (Fsp3) is 0.429. The molecule has 104 valence electrons. The maximum Gasteiger partial charge on any atom is 0.306 e. The fourth-order valence-corrected chi connectivity index (χ4v) is 3.11. The third kappa shape index (κ3) is 2.70. The molecule has 0 saturated carbocycles. The van der Waals surface area contributed by atoms with Crippen LogP contribution in [0.3, 0.4) is 0 Å². The first-order valence-electron chi connectivity index (χ1n) is 6.59. The van der Waals surface area contributed by atoms with Gasteiger partial charge in [-0.2, -0.15) is 0 Å². The number of carboxylic acid groups (broad SMARTS) is 1. The summed E-state index contributed by atoms with van der Waals surface area (Å²) in [6.07, 6.45) is 4.35. The zero-order valence-corrected chi connectivity index (χ0v) is 12.0. The van der Waals surface area contributed by atoms with Crippen LogP contribution in [0.4, 0.5) is 0 Å². The van der Waals surface area contributed by atoms with Crippen molar-refractivity contribution in [2.24, 2.45) is 5.92 Å². The minimum absolute atomic E-state index is 0.293. The summed E-state index contributed by atoms with van der Waals surface area (Å²) < 4.78 is 0. The Bertz CT molecular complexity index is 654. The van der Waals surface area contributed by atoms with Crippen LogP contribution in [0, 0.1) is 12.8 Å². The highest BCUT2D eigenvalue weighted by Crippen LogP contribution is 2.24. The molecule has 6 heteroatoms. The zero-order valence-electron chi connectivity index (χ0n) is 11.2. The Hall–Kier alpha value is -1.82. The summed E-state index contributed by atoms with van der Waals surface area (Å²) in [5, 5.41) is 12.1. The summed E-state index contributed by atoms with van der Waals surface area (Å²) >= 11 is 1.62. The molecular formula is C14H15N3O2S. The van der Waals surface area contributed by atoms with Gasteiger partial charge in [-0.25, -0.2) is 15.0 Å². The predicted octanol–water partition coefficient (Wildman–Crippen LogP) is 2.02. The van der Waals surface area contributed by atoms with Crippen molar-refractivity contribution in [3.63, 3.8) is 0 Å². The molecule has 0 amide bonds. The molecule has 1 N–H and O–H groups in total. The summed E-state index contributed by atoms with van der Waals surface area (Å²) in [5.41, 5.74) is 2.97. The molecule has 1 aliphatic rings. The number of thiazole rings is 1. The van der Waals surface area contributed by atoms with Crippen molar-refractivity contribution >= 4 is 17.3 Å². The number of fused-ring (bicyclic) bond motifs is 1. The Morgan fingerprint density at radius 2 is 2.35 bits per heavy atom.